The average molecular weight is 338 g/mol. The van der Waals surface area contributed by atoms with Gasteiger partial charge in [0, 0.05) is 10.2 Å². The highest BCUT2D eigenvalue weighted by Crippen LogP contribution is 2.20. The van der Waals surface area contributed by atoms with Crippen LogP contribution in [0.25, 0.3) is 0 Å². The van der Waals surface area contributed by atoms with E-state index in [4.69, 9.17) is 5.26 Å². The second-order valence-corrected chi connectivity index (χ2v) is 6.19. The molecule has 0 unspecified atom stereocenters. The zero-order valence-electron chi connectivity index (χ0n) is 12.2. The fourth-order valence-corrected chi connectivity index (χ4v) is 1.82. The van der Waals surface area contributed by atoms with Gasteiger partial charge in [0.25, 0.3) is 0 Å². The van der Waals surface area contributed by atoms with Crippen LogP contribution in [-0.4, -0.2) is 18.0 Å². The van der Waals surface area contributed by atoms with Gasteiger partial charge in [-0.1, -0.05) is 29.8 Å². The van der Waals surface area contributed by atoms with E-state index < -0.39 is 5.54 Å². The van der Waals surface area contributed by atoms with E-state index in [0.717, 1.165) is 15.7 Å². The van der Waals surface area contributed by atoms with E-state index in [1.807, 2.05) is 39.0 Å². The predicted octanol–water partition coefficient (Wildman–Crippen LogP) is 3.22. The molecule has 1 rings (SSSR count). The Labute approximate surface area is 128 Å². The molecule has 2 N–H and O–H groups in total. The average Bonchev–Trinajstić information content (AvgIpc) is 2.39. The molecule has 1 amide bonds. The molecule has 0 radical (unpaired) electrons. The smallest absolute Gasteiger partial charge is 0.240 e. The van der Waals surface area contributed by atoms with Crippen molar-refractivity contribution in [1.29, 1.82) is 5.26 Å². The zero-order valence-corrected chi connectivity index (χ0v) is 13.8. The lowest BCUT2D eigenvalue weighted by molar-refractivity contribution is -0.121. The minimum atomic E-state index is -0.839. The summed E-state index contributed by atoms with van der Waals surface area (Å²) in [6.07, 6.45) is 0. The molecule has 20 heavy (non-hydrogen) atoms. The maximum absolute atomic E-state index is 11.9. The normalized spacial score (nSPS) is 13.4. The summed E-state index contributed by atoms with van der Waals surface area (Å²) < 4.78 is 1.03. The van der Waals surface area contributed by atoms with Crippen molar-refractivity contribution in [3.8, 4) is 6.07 Å². The van der Waals surface area contributed by atoms with E-state index in [-0.39, 0.29) is 18.4 Å². The molecule has 5 heteroatoms. The number of carbonyl (C=O) groups excluding carboxylic acids is 1. The Morgan fingerprint density at radius 1 is 1.50 bits per heavy atom. The van der Waals surface area contributed by atoms with Crippen molar-refractivity contribution >= 4 is 27.5 Å². The summed E-state index contributed by atoms with van der Waals surface area (Å²) in [7, 11) is 0. The summed E-state index contributed by atoms with van der Waals surface area (Å²) in [5.74, 6) is -0.144. The molecule has 1 aromatic rings. The van der Waals surface area contributed by atoms with Crippen LogP contribution >= 0.6 is 15.9 Å². The summed E-state index contributed by atoms with van der Waals surface area (Å²) in [4.78, 5) is 11.9. The Morgan fingerprint density at radius 3 is 2.65 bits per heavy atom. The summed E-state index contributed by atoms with van der Waals surface area (Å²) in [6, 6.07) is 7.95. The van der Waals surface area contributed by atoms with Crippen molar-refractivity contribution in [2.75, 3.05) is 11.9 Å². The fourth-order valence-electron chi connectivity index (χ4n) is 1.57. The number of carbonyl (C=O) groups is 1. The molecule has 0 heterocycles. The van der Waals surface area contributed by atoms with Crippen LogP contribution < -0.4 is 10.6 Å². The van der Waals surface area contributed by atoms with Gasteiger partial charge in [-0.2, -0.15) is 5.26 Å². The lowest BCUT2D eigenvalue weighted by Crippen LogP contribution is -2.50. The molecule has 4 nitrogen and oxygen atoms in total. The molecule has 0 aliphatic heterocycles. The number of rotatable bonds is 5. The fraction of sp³-hybridized carbons (Fsp3) is 0.467. The Morgan fingerprint density at radius 2 is 2.15 bits per heavy atom. The molecule has 0 spiro atoms. The molecule has 1 aromatic carbocycles. The minimum absolute atomic E-state index is 0.0476. The van der Waals surface area contributed by atoms with E-state index in [2.05, 4.69) is 32.6 Å². The molecule has 0 aromatic heterocycles. The van der Waals surface area contributed by atoms with Crippen molar-refractivity contribution in [1.82, 2.24) is 5.32 Å². The number of halogens is 1. The lowest BCUT2D eigenvalue weighted by Gasteiger charge is -2.27. The van der Waals surface area contributed by atoms with Gasteiger partial charge in [-0.3, -0.25) is 4.79 Å². The molecule has 0 saturated carbocycles. The summed E-state index contributed by atoms with van der Waals surface area (Å²) in [6.45, 7) is 7.69. The van der Waals surface area contributed by atoms with Gasteiger partial charge in [-0.15, -0.1) is 0 Å². The van der Waals surface area contributed by atoms with Crippen LogP contribution in [0.2, 0.25) is 0 Å². The Kier molecular flexibility index (Phi) is 5.58. The largest absolute Gasteiger partial charge is 0.376 e. The SMILES string of the molecule is Cc1cc(NCC(=O)N[C@@](C)(C#N)C(C)C)ccc1Br. The first-order valence-corrected chi connectivity index (χ1v) is 7.30. The van der Waals surface area contributed by atoms with Crippen molar-refractivity contribution in [3.05, 3.63) is 28.2 Å². The maximum Gasteiger partial charge on any atom is 0.240 e. The first-order valence-electron chi connectivity index (χ1n) is 6.51. The molecule has 0 bridgehead atoms. The Bertz CT molecular complexity index is 536. The number of amides is 1. The molecule has 0 aliphatic rings. The van der Waals surface area contributed by atoms with Gasteiger partial charge in [-0.05, 0) is 43.5 Å². The summed E-state index contributed by atoms with van der Waals surface area (Å²) >= 11 is 3.43. The van der Waals surface area contributed by atoms with Gasteiger partial charge in [0.05, 0.1) is 12.6 Å². The molecule has 0 aliphatic carbocycles. The van der Waals surface area contributed by atoms with E-state index in [1.165, 1.54) is 0 Å². The van der Waals surface area contributed by atoms with Crippen LogP contribution in [0.15, 0.2) is 22.7 Å². The Hall–Kier alpha value is -1.54. The van der Waals surface area contributed by atoms with Crippen molar-refractivity contribution in [2.45, 2.75) is 33.2 Å². The topological polar surface area (TPSA) is 64.9 Å². The summed E-state index contributed by atoms with van der Waals surface area (Å²) in [5.41, 5.74) is 1.14. The van der Waals surface area contributed by atoms with Crippen molar-refractivity contribution in [2.24, 2.45) is 5.92 Å². The van der Waals surface area contributed by atoms with E-state index in [9.17, 15) is 4.79 Å². The molecule has 108 valence electrons. The third-order valence-electron chi connectivity index (χ3n) is 3.40. The first kappa shape index (κ1) is 16.5. The molecule has 0 saturated heterocycles. The van der Waals surface area contributed by atoms with Crippen LogP contribution in [0.1, 0.15) is 26.3 Å². The van der Waals surface area contributed by atoms with Crippen LogP contribution in [0, 0.1) is 24.2 Å². The van der Waals surface area contributed by atoms with Gasteiger partial charge >= 0.3 is 0 Å². The van der Waals surface area contributed by atoms with Gasteiger partial charge in [0.15, 0.2) is 0 Å². The highest BCUT2D eigenvalue weighted by Gasteiger charge is 2.29. The van der Waals surface area contributed by atoms with E-state index in [0.29, 0.717) is 0 Å². The van der Waals surface area contributed by atoms with Crippen LogP contribution in [0.3, 0.4) is 0 Å². The number of nitrogens with zero attached hydrogens (tertiary/aromatic N) is 1. The van der Waals surface area contributed by atoms with Gasteiger partial charge in [-0.25, -0.2) is 0 Å². The monoisotopic (exact) mass is 337 g/mol. The first-order chi connectivity index (χ1) is 9.28. The second-order valence-electron chi connectivity index (χ2n) is 5.33. The molecule has 1 atom stereocenters. The standard InChI is InChI=1S/C15H20BrN3O/c1-10(2)15(4,9-17)19-14(20)8-18-12-5-6-13(16)11(3)7-12/h5-7,10,18H,8H2,1-4H3,(H,19,20)/t15-/m0/s1. The predicted molar refractivity (Wildman–Crippen MR) is 84.4 cm³/mol. The third-order valence-corrected chi connectivity index (χ3v) is 4.29. The minimum Gasteiger partial charge on any atom is -0.376 e. The van der Waals surface area contributed by atoms with Crippen LogP contribution in [0.4, 0.5) is 5.69 Å². The van der Waals surface area contributed by atoms with E-state index >= 15 is 0 Å². The van der Waals surface area contributed by atoms with Crippen molar-refractivity contribution < 1.29 is 4.79 Å². The van der Waals surface area contributed by atoms with Gasteiger partial charge < -0.3 is 10.6 Å². The summed E-state index contributed by atoms with van der Waals surface area (Å²) in [5, 5.41) is 15.0. The van der Waals surface area contributed by atoms with Gasteiger partial charge in [0.1, 0.15) is 5.54 Å². The van der Waals surface area contributed by atoms with Gasteiger partial charge in [0.2, 0.25) is 5.91 Å². The zero-order chi connectivity index (χ0) is 15.3. The number of benzene rings is 1. The lowest BCUT2D eigenvalue weighted by atomic mass is 9.90. The number of hydrogen-bond donors (Lipinski definition) is 2. The quantitative estimate of drug-likeness (QED) is 0.866. The van der Waals surface area contributed by atoms with E-state index in [1.54, 1.807) is 6.92 Å². The molecule has 0 fully saturated rings. The second kappa shape index (κ2) is 6.76. The number of nitriles is 1. The van der Waals surface area contributed by atoms with Crippen LogP contribution in [-0.2, 0) is 4.79 Å². The third kappa shape index (κ3) is 4.24. The molecular weight excluding hydrogens is 318 g/mol. The van der Waals surface area contributed by atoms with Crippen LogP contribution in [0.5, 0.6) is 0 Å². The highest BCUT2D eigenvalue weighted by molar-refractivity contribution is 9.10. The number of anilines is 1. The van der Waals surface area contributed by atoms with Crippen molar-refractivity contribution in [3.63, 3.8) is 0 Å². The maximum atomic E-state index is 11.9. The Balaban J connectivity index is 2.60. The number of nitrogens with one attached hydrogen (secondary N) is 2. The molecular formula is C15H20BrN3O. The number of hydrogen-bond acceptors (Lipinski definition) is 3. The highest BCUT2D eigenvalue weighted by atomic mass is 79.9. The number of aryl methyl sites for hydroxylation is 1.